The van der Waals surface area contributed by atoms with Crippen molar-refractivity contribution >= 4 is 0 Å². The van der Waals surface area contributed by atoms with Crippen molar-refractivity contribution in [3.05, 3.63) is 63.3 Å². The van der Waals surface area contributed by atoms with Crippen molar-refractivity contribution in [1.82, 2.24) is 14.9 Å². The number of aromatic amines is 1. The number of aryl methyl sites for hydroxylation is 2. The van der Waals surface area contributed by atoms with E-state index in [-0.39, 0.29) is 5.56 Å². The summed E-state index contributed by atoms with van der Waals surface area (Å²) in [6, 6.07) is 10.4. The Bertz CT molecular complexity index is 806. The summed E-state index contributed by atoms with van der Waals surface area (Å²) in [7, 11) is 0. The lowest BCUT2D eigenvalue weighted by Crippen LogP contribution is -2.34. The van der Waals surface area contributed by atoms with Crippen molar-refractivity contribution in [2.24, 2.45) is 0 Å². The number of nitrogens with zero attached hydrogens (tertiary/aromatic N) is 2. The van der Waals surface area contributed by atoms with Crippen LogP contribution in [0.5, 0.6) is 0 Å². The molecule has 1 aromatic heterocycles. The Balaban J connectivity index is 1.59. The molecule has 2 aromatic rings. The Labute approximate surface area is 161 Å². The molecule has 1 aliphatic heterocycles. The highest BCUT2D eigenvalue weighted by Gasteiger charge is 2.23. The molecule has 0 unspecified atom stereocenters. The molecule has 2 N–H and O–H groups in total. The molecule has 1 saturated heterocycles. The number of H-pyrrole nitrogens is 1. The minimum absolute atomic E-state index is 0.0590. The number of hydrogen-bond donors (Lipinski definition) is 2. The summed E-state index contributed by atoms with van der Waals surface area (Å²) >= 11 is 0. The second-order valence-electron chi connectivity index (χ2n) is 8.46. The van der Waals surface area contributed by atoms with E-state index in [2.05, 4.69) is 39.1 Å². The summed E-state index contributed by atoms with van der Waals surface area (Å²) in [5.41, 5.74) is 2.81. The van der Waals surface area contributed by atoms with Crippen LogP contribution in [-0.4, -0.2) is 38.7 Å². The molecule has 5 heteroatoms. The molecule has 2 heterocycles. The molecule has 3 rings (SSSR count). The second kappa shape index (κ2) is 8.36. The number of aliphatic hydroxyl groups is 1. The van der Waals surface area contributed by atoms with Crippen LogP contribution in [-0.2, 0) is 13.0 Å². The lowest BCUT2D eigenvalue weighted by atomic mass is 9.94. The van der Waals surface area contributed by atoms with Crippen LogP contribution in [0.15, 0.2) is 35.1 Å². The molecule has 0 amide bonds. The van der Waals surface area contributed by atoms with Gasteiger partial charge in [-0.3, -0.25) is 9.69 Å². The van der Waals surface area contributed by atoms with Crippen molar-refractivity contribution in [1.29, 1.82) is 0 Å². The fraction of sp³-hybridized carbons (Fsp3) is 0.545. The summed E-state index contributed by atoms with van der Waals surface area (Å²) in [5, 5.41) is 9.87. The van der Waals surface area contributed by atoms with Crippen LogP contribution in [0.1, 0.15) is 61.7 Å². The molecule has 0 radical (unpaired) electrons. The van der Waals surface area contributed by atoms with E-state index in [0.717, 1.165) is 51.0 Å². The Morgan fingerprint density at radius 3 is 2.63 bits per heavy atom. The van der Waals surface area contributed by atoms with Crippen molar-refractivity contribution in [2.75, 3.05) is 13.1 Å². The minimum atomic E-state index is -0.618. The van der Waals surface area contributed by atoms with Gasteiger partial charge >= 0.3 is 0 Å². The fourth-order valence-electron chi connectivity index (χ4n) is 3.77. The lowest BCUT2D eigenvalue weighted by molar-refractivity contribution is 0.0714. The first-order valence-electron chi connectivity index (χ1n) is 9.89. The minimum Gasteiger partial charge on any atom is -0.390 e. The topological polar surface area (TPSA) is 69.2 Å². The van der Waals surface area contributed by atoms with E-state index in [4.69, 9.17) is 0 Å². The maximum absolute atomic E-state index is 11.7. The average Bonchev–Trinajstić information content (AvgIpc) is 2.60. The lowest BCUT2D eigenvalue weighted by Gasteiger charge is -2.32. The van der Waals surface area contributed by atoms with E-state index in [1.807, 2.05) is 20.8 Å². The van der Waals surface area contributed by atoms with Crippen molar-refractivity contribution in [3.8, 4) is 0 Å². The molecular formula is C22H31N3O2. The number of benzene rings is 1. The zero-order valence-electron chi connectivity index (χ0n) is 16.7. The molecule has 1 aromatic carbocycles. The molecule has 0 spiro atoms. The van der Waals surface area contributed by atoms with Crippen LogP contribution in [0, 0.1) is 6.92 Å². The summed E-state index contributed by atoms with van der Waals surface area (Å²) in [6.07, 6.45) is 3.87. The van der Waals surface area contributed by atoms with Gasteiger partial charge in [0, 0.05) is 25.1 Å². The normalized spacial score (nSPS) is 18.6. The van der Waals surface area contributed by atoms with E-state index in [1.54, 1.807) is 6.07 Å². The largest absolute Gasteiger partial charge is 0.390 e. The molecule has 5 nitrogen and oxygen atoms in total. The van der Waals surface area contributed by atoms with E-state index in [1.165, 1.54) is 11.1 Å². The number of likely N-dealkylation sites (tertiary alicyclic amines) is 1. The molecule has 1 aliphatic rings. The quantitative estimate of drug-likeness (QED) is 0.821. The highest BCUT2D eigenvalue weighted by atomic mass is 16.3. The predicted molar refractivity (Wildman–Crippen MR) is 108 cm³/mol. The van der Waals surface area contributed by atoms with Crippen molar-refractivity contribution < 1.29 is 5.11 Å². The Kier molecular flexibility index (Phi) is 6.12. The molecule has 0 saturated carbocycles. The summed E-state index contributed by atoms with van der Waals surface area (Å²) in [5.74, 6) is 1.02. The fourth-order valence-corrected chi connectivity index (χ4v) is 3.77. The second-order valence-corrected chi connectivity index (χ2v) is 8.46. The van der Waals surface area contributed by atoms with Crippen molar-refractivity contribution in [2.45, 2.75) is 64.5 Å². The highest BCUT2D eigenvalue weighted by Crippen LogP contribution is 2.26. The van der Waals surface area contributed by atoms with Gasteiger partial charge in [0.2, 0.25) is 0 Å². The first kappa shape index (κ1) is 19.8. The number of piperidine rings is 1. The molecule has 0 aliphatic carbocycles. The number of rotatable bonds is 6. The third kappa shape index (κ3) is 6.01. The smallest absolute Gasteiger partial charge is 0.251 e. The van der Waals surface area contributed by atoms with Crippen molar-refractivity contribution in [3.63, 3.8) is 0 Å². The monoisotopic (exact) mass is 369 g/mol. The summed E-state index contributed by atoms with van der Waals surface area (Å²) < 4.78 is 0. The third-order valence-corrected chi connectivity index (χ3v) is 5.26. The van der Waals surface area contributed by atoms with Gasteiger partial charge < -0.3 is 10.1 Å². The van der Waals surface area contributed by atoms with E-state index in [9.17, 15) is 9.90 Å². The van der Waals surface area contributed by atoms with Crippen LogP contribution in [0.25, 0.3) is 0 Å². The molecule has 27 heavy (non-hydrogen) atoms. The van der Waals surface area contributed by atoms with Crippen LogP contribution in [0.4, 0.5) is 0 Å². The predicted octanol–water partition coefficient (Wildman–Crippen LogP) is 3.16. The Hall–Kier alpha value is -1.98. The van der Waals surface area contributed by atoms with Gasteiger partial charge in [-0.25, -0.2) is 4.98 Å². The van der Waals surface area contributed by atoms with Gasteiger partial charge in [-0.1, -0.05) is 24.3 Å². The number of aromatic nitrogens is 2. The average molecular weight is 370 g/mol. The highest BCUT2D eigenvalue weighted by molar-refractivity contribution is 5.23. The zero-order valence-corrected chi connectivity index (χ0v) is 16.7. The molecule has 1 atom stereocenters. The van der Waals surface area contributed by atoms with Gasteiger partial charge in [-0.2, -0.15) is 0 Å². The summed E-state index contributed by atoms with van der Waals surface area (Å²) in [4.78, 5) is 21.5. The maximum Gasteiger partial charge on any atom is 0.251 e. The van der Waals surface area contributed by atoms with Gasteiger partial charge in [0.05, 0.1) is 11.3 Å². The zero-order chi connectivity index (χ0) is 19.4. The maximum atomic E-state index is 11.7. The van der Waals surface area contributed by atoms with E-state index in [0.29, 0.717) is 11.7 Å². The van der Waals surface area contributed by atoms with E-state index >= 15 is 0 Å². The molecule has 146 valence electrons. The summed E-state index contributed by atoms with van der Waals surface area (Å²) in [6.45, 7) is 8.49. The third-order valence-electron chi connectivity index (χ3n) is 5.26. The van der Waals surface area contributed by atoms with Crippen LogP contribution >= 0.6 is 0 Å². The SMILES string of the molecule is Cc1nc([C@H]2CCCN(Cc3ccc(CCC(C)(C)O)cc3)C2)cc(=O)[nH]1. The molecular weight excluding hydrogens is 338 g/mol. The first-order chi connectivity index (χ1) is 12.8. The Morgan fingerprint density at radius 2 is 1.96 bits per heavy atom. The Morgan fingerprint density at radius 1 is 1.26 bits per heavy atom. The number of nitrogens with one attached hydrogen (secondary N) is 1. The molecule has 1 fully saturated rings. The van der Waals surface area contributed by atoms with Gasteiger partial charge in [0.25, 0.3) is 5.56 Å². The number of hydrogen-bond acceptors (Lipinski definition) is 4. The molecule has 0 bridgehead atoms. The van der Waals surface area contributed by atoms with E-state index < -0.39 is 5.60 Å². The van der Waals surface area contributed by atoms with Gasteiger partial charge in [-0.15, -0.1) is 0 Å². The van der Waals surface area contributed by atoms with Crippen LogP contribution in [0.2, 0.25) is 0 Å². The van der Waals surface area contributed by atoms with Gasteiger partial charge in [0.1, 0.15) is 5.82 Å². The standard InChI is InChI=1S/C22H31N3O2/c1-16-23-20(13-21(26)24-16)19-5-4-12-25(15-19)14-18-8-6-17(7-9-18)10-11-22(2,3)27/h6-9,13,19,27H,4-5,10-12,14-15H2,1-3H3,(H,23,24,26)/t19-/m0/s1. The van der Waals surface area contributed by atoms with Crippen LogP contribution < -0.4 is 5.56 Å². The van der Waals surface area contributed by atoms with Gasteiger partial charge in [0.15, 0.2) is 0 Å². The van der Waals surface area contributed by atoms with Gasteiger partial charge in [-0.05, 0) is 64.1 Å². The first-order valence-corrected chi connectivity index (χ1v) is 9.89. The van der Waals surface area contributed by atoms with Crippen LogP contribution in [0.3, 0.4) is 0 Å².